The Balaban J connectivity index is 1.25. The van der Waals surface area contributed by atoms with Crippen LogP contribution in [-0.4, -0.2) is 15.6 Å². The topological polar surface area (TPSA) is 59.0 Å². The fourth-order valence-corrected chi connectivity index (χ4v) is 4.24. The molecule has 0 radical (unpaired) electrons. The molecule has 0 atom stereocenters. The summed E-state index contributed by atoms with van der Waals surface area (Å²) in [7, 11) is 0. The Labute approximate surface area is 205 Å². The van der Waals surface area contributed by atoms with Crippen LogP contribution in [0.1, 0.15) is 23.9 Å². The first-order chi connectivity index (χ1) is 17.2. The van der Waals surface area contributed by atoms with E-state index in [-0.39, 0.29) is 6.03 Å². The van der Waals surface area contributed by atoms with Crippen LogP contribution < -0.4 is 10.6 Å². The summed E-state index contributed by atoms with van der Waals surface area (Å²) in [6.07, 6.45) is 2.64. The zero-order chi connectivity index (χ0) is 24.0. The van der Waals surface area contributed by atoms with E-state index in [2.05, 4.69) is 76.7 Å². The molecule has 174 valence electrons. The van der Waals surface area contributed by atoms with E-state index in [1.165, 1.54) is 11.1 Å². The zero-order valence-corrected chi connectivity index (χ0v) is 19.7. The first kappa shape index (κ1) is 22.4. The molecule has 0 unspecified atom stereocenters. The van der Waals surface area contributed by atoms with E-state index < -0.39 is 0 Å². The number of amides is 2. The quantitative estimate of drug-likeness (QED) is 0.274. The molecular formula is C30H28N4O. The predicted molar refractivity (Wildman–Crippen MR) is 143 cm³/mol. The normalized spacial score (nSPS) is 10.9. The van der Waals surface area contributed by atoms with Crippen LogP contribution in [0.15, 0.2) is 103 Å². The van der Waals surface area contributed by atoms with E-state index in [4.69, 9.17) is 4.98 Å². The highest BCUT2D eigenvalue weighted by Crippen LogP contribution is 2.23. The molecule has 0 aliphatic heterocycles. The van der Waals surface area contributed by atoms with E-state index >= 15 is 0 Å². The molecule has 0 aliphatic rings. The highest BCUT2D eigenvalue weighted by atomic mass is 16.2. The fourth-order valence-electron chi connectivity index (χ4n) is 4.24. The lowest BCUT2D eigenvalue weighted by atomic mass is 10.1. The molecule has 5 heteroatoms. The van der Waals surface area contributed by atoms with Crippen LogP contribution in [0.25, 0.3) is 16.7 Å². The van der Waals surface area contributed by atoms with Gasteiger partial charge in [0.15, 0.2) is 0 Å². The number of nitrogens with zero attached hydrogens (tertiary/aromatic N) is 2. The molecule has 5 nitrogen and oxygen atoms in total. The van der Waals surface area contributed by atoms with E-state index in [1.54, 1.807) is 0 Å². The van der Waals surface area contributed by atoms with Crippen molar-refractivity contribution in [3.8, 4) is 5.69 Å². The van der Waals surface area contributed by atoms with E-state index in [9.17, 15) is 4.79 Å². The highest BCUT2D eigenvalue weighted by molar-refractivity contribution is 5.99. The van der Waals surface area contributed by atoms with Gasteiger partial charge in [-0.2, -0.15) is 0 Å². The van der Waals surface area contributed by atoms with Gasteiger partial charge < -0.3 is 10.6 Å². The first-order valence-electron chi connectivity index (χ1n) is 12.0. The molecule has 1 aromatic heterocycles. The van der Waals surface area contributed by atoms with Crippen molar-refractivity contribution in [2.75, 3.05) is 10.6 Å². The Bertz CT molecular complexity index is 1420. The molecule has 0 saturated carbocycles. The van der Waals surface area contributed by atoms with Crippen molar-refractivity contribution >= 4 is 28.4 Å². The van der Waals surface area contributed by atoms with Gasteiger partial charge >= 0.3 is 6.03 Å². The molecule has 0 saturated heterocycles. The number of imidazole rings is 1. The van der Waals surface area contributed by atoms with Crippen LogP contribution in [0.4, 0.5) is 16.2 Å². The van der Waals surface area contributed by atoms with E-state index in [0.29, 0.717) is 0 Å². The standard InChI is InChI=1S/C30H28N4O/c1-2-22-12-17-24(18-13-22)31-30(35)32-25-19-14-23(15-20-25)16-21-29-33-27-10-6-7-11-28(27)34(29)26-8-4-3-5-9-26/h3-15,17-20H,2,16,21H2,1H3,(H2,31,32,35). The Morgan fingerprint density at radius 2 is 1.31 bits per heavy atom. The number of fused-ring (bicyclic) bond motifs is 1. The number of benzene rings is 4. The number of carbonyl (C=O) groups excluding carboxylic acids is 1. The van der Waals surface area contributed by atoms with Gasteiger partial charge in [-0.1, -0.05) is 61.5 Å². The molecule has 0 aliphatic carbocycles. The molecular weight excluding hydrogens is 432 g/mol. The third kappa shape index (κ3) is 5.25. The van der Waals surface area contributed by atoms with Gasteiger partial charge in [0.25, 0.3) is 0 Å². The van der Waals surface area contributed by atoms with E-state index in [0.717, 1.165) is 53.2 Å². The van der Waals surface area contributed by atoms with Gasteiger partial charge in [0.05, 0.1) is 11.0 Å². The molecule has 2 amide bonds. The van der Waals surface area contributed by atoms with Crippen molar-refractivity contribution in [3.63, 3.8) is 0 Å². The minimum absolute atomic E-state index is 0.251. The van der Waals surface area contributed by atoms with Crippen molar-refractivity contribution in [1.82, 2.24) is 9.55 Å². The smallest absolute Gasteiger partial charge is 0.308 e. The van der Waals surface area contributed by atoms with Gasteiger partial charge in [-0.25, -0.2) is 9.78 Å². The summed E-state index contributed by atoms with van der Waals surface area (Å²) in [4.78, 5) is 17.3. The van der Waals surface area contributed by atoms with Crippen LogP contribution in [0.5, 0.6) is 0 Å². The molecule has 5 aromatic rings. The summed E-state index contributed by atoms with van der Waals surface area (Å²) in [6, 6.07) is 34.2. The summed E-state index contributed by atoms with van der Waals surface area (Å²) < 4.78 is 2.24. The third-order valence-electron chi connectivity index (χ3n) is 6.11. The van der Waals surface area contributed by atoms with E-state index in [1.807, 2.05) is 48.5 Å². The summed E-state index contributed by atoms with van der Waals surface area (Å²) in [5.74, 6) is 1.04. The molecule has 1 heterocycles. The molecule has 2 N–H and O–H groups in total. The number of urea groups is 1. The second kappa shape index (κ2) is 10.3. The number of carbonyl (C=O) groups is 1. The van der Waals surface area contributed by atoms with Gasteiger partial charge in [0, 0.05) is 23.5 Å². The molecule has 5 rings (SSSR count). The maximum Gasteiger partial charge on any atom is 0.323 e. The maximum atomic E-state index is 12.4. The number of anilines is 2. The van der Waals surface area contributed by atoms with Gasteiger partial charge in [-0.05, 0) is 72.5 Å². The van der Waals surface area contributed by atoms with Gasteiger partial charge in [-0.15, -0.1) is 0 Å². The van der Waals surface area contributed by atoms with Gasteiger partial charge in [0.2, 0.25) is 0 Å². The lowest BCUT2D eigenvalue weighted by Crippen LogP contribution is -2.19. The monoisotopic (exact) mass is 460 g/mol. The molecule has 0 spiro atoms. The Hall–Kier alpha value is -4.38. The number of hydrogen-bond acceptors (Lipinski definition) is 2. The molecule has 35 heavy (non-hydrogen) atoms. The Kier molecular flexibility index (Phi) is 6.57. The van der Waals surface area contributed by atoms with Crippen LogP contribution in [0.2, 0.25) is 0 Å². The van der Waals surface area contributed by atoms with Gasteiger partial charge in [0.1, 0.15) is 5.82 Å². The number of rotatable bonds is 7. The van der Waals surface area contributed by atoms with Crippen LogP contribution in [0, 0.1) is 0 Å². The molecule has 0 bridgehead atoms. The lowest BCUT2D eigenvalue weighted by Gasteiger charge is -2.10. The average molecular weight is 461 g/mol. The third-order valence-corrected chi connectivity index (χ3v) is 6.11. The van der Waals surface area contributed by atoms with Gasteiger partial charge in [-0.3, -0.25) is 4.57 Å². The number of aryl methyl sites for hydroxylation is 3. The number of para-hydroxylation sites is 3. The SMILES string of the molecule is CCc1ccc(NC(=O)Nc2ccc(CCc3nc4ccccc4n3-c3ccccc3)cc2)cc1. The minimum Gasteiger partial charge on any atom is -0.308 e. The zero-order valence-electron chi connectivity index (χ0n) is 19.7. The summed E-state index contributed by atoms with van der Waals surface area (Å²) in [5, 5.41) is 5.78. The summed E-state index contributed by atoms with van der Waals surface area (Å²) >= 11 is 0. The fraction of sp³-hybridized carbons (Fsp3) is 0.133. The van der Waals surface area contributed by atoms with Crippen molar-refractivity contribution in [2.45, 2.75) is 26.2 Å². The molecule has 4 aromatic carbocycles. The molecule has 0 fully saturated rings. The number of nitrogens with one attached hydrogen (secondary N) is 2. The Morgan fingerprint density at radius 1 is 0.714 bits per heavy atom. The largest absolute Gasteiger partial charge is 0.323 e. The van der Waals surface area contributed by atoms with Crippen molar-refractivity contribution in [3.05, 3.63) is 120 Å². The minimum atomic E-state index is -0.251. The van der Waals surface area contributed by atoms with Crippen molar-refractivity contribution in [2.24, 2.45) is 0 Å². The van der Waals surface area contributed by atoms with Crippen LogP contribution >= 0.6 is 0 Å². The number of hydrogen-bond donors (Lipinski definition) is 2. The second-order valence-corrected chi connectivity index (χ2v) is 8.51. The average Bonchev–Trinajstić information content (AvgIpc) is 3.27. The van der Waals surface area contributed by atoms with Crippen molar-refractivity contribution < 1.29 is 4.79 Å². The Morgan fingerprint density at radius 3 is 1.97 bits per heavy atom. The summed E-state index contributed by atoms with van der Waals surface area (Å²) in [5.41, 5.74) is 7.20. The van der Waals surface area contributed by atoms with Crippen LogP contribution in [0.3, 0.4) is 0 Å². The van der Waals surface area contributed by atoms with Crippen LogP contribution in [-0.2, 0) is 19.3 Å². The highest BCUT2D eigenvalue weighted by Gasteiger charge is 2.12. The number of aromatic nitrogens is 2. The first-order valence-corrected chi connectivity index (χ1v) is 12.0. The maximum absolute atomic E-state index is 12.4. The van der Waals surface area contributed by atoms with Crippen molar-refractivity contribution in [1.29, 1.82) is 0 Å². The summed E-state index contributed by atoms with van der Waals surface area (Å²) in [6.45, 7) is 2.11. The lowest BCUT2D eigenvalue weighted by molar-refractivity contribution is 0.262. The predicted octanol–water partition coefficient (Wildman–Crippen LogP) is 7.02. The second-order valence-electron chi connectivity index (χ2n) is 8.51.